The van der Waals surface area contributed by atoms with Gasteiger partial charge in [-0.25, -0.2) is 0 Å². The second-order valence-corrected chi connectivity index (χ2v) is 4.36. The zero-order chi connectivity index (χ0) is 13.5. The molecule has 1 fully saturated rings. The molecule has 1 rings (SSSR count). The quantitative estimate of drug-likeness (QED) is 0.744. The fraction of sp³-hybridized carbons (Fsp3) is 0.615. The van der Waals surface area contributed by atoms with Crippen LogP contribution in [-0.2, 0) is 4.79 Å². The molecule has 1 aliphatic rings. The summed E-state index contributed by atoms with van der Waals surface area (Å²) < 4.78 is 0. The summed E-state index contributed by atoms with van der Waals surface area (Å²) >= 11 is 0. The topological polar surface area (TPSA) is 112 Å². The third kappa shape index (κ3) is 2.65. The Labute approximate surface area is 106 Å². The van der Waals surface area contributed by atoms with Gasteiger partial charge in [0.25, 0.3) is 0 Å². The van der Waals surface area contributed by atoms with Crippen LogP contribution in [0.25, 0.3) is 0 Å². The van der Waals surface area contributed by atoms with E-state index in [0.29, 0.717) is 12.8 Å². The molecule has 5 heteroatoms. The van der Waals surface area contributed by atoms with Gasteiger partial charge in [-0.15, -0.1) is 0 Å². The highest BCUT2D eigenvalue weighted by atomic mass is 16.1. The molecule has 0 bridgehead atoms. The predicted molar refractivity (Wildman–Crippen MR) is 59.9 cm³/mol. The summed E-state index contributed by atoms with van der Waals surface area (Å²) in [5, 5.41) is 35.9. The van der Waals surface area contributed by atoms with Crippen molar-refractivity contribution in [2.45, 2.75) is 25.7 Å². The fourth-order valence-corrected chi connectivity index (χ4v) is 2.36. The number of carbonyl (C=O) groups excluding carboxylic acids is 1. The molecule has 3 atom stereocenters. The fourth-order valence-electron chi connectivity index (χ4n) is 2.36. The normalized spacial score (nSPS) is 22.1. The van der Waals surface area contributed by atoms with E-state index in [4.69, 9.17) is 21.0 Å². The Bertz CT molecular complexity index is 471. The van der Waals surface area contributed by atoms with Crippen LogP contribution >= 0.6 is 0 Å². The highest BCUT2D eigenvalue weighted by Gasteiger charge is 2.39. The number of hydrogen-bond acceptors (Lipinski definition) is 5. The van der Waals surface area contributed by atoms with E-state index in [2.05, 4.69) is 0 Å². The molecule has 5 nitrogen and oxygen atoms in total. The van der Waals surface area contributed by atoms with E-state index in [-0.39, 0.29) is 5.78 Å². The molecule has 90 valence electrons. The Hall–Kier alpha value is -2.37. The van der Waals surface area contributed by atoms with Crippen LogP contribution in [0, 0.1) is 69.0 Å². The first kappa shape index (κ1) is 13.7. The van der Waals surface area contributed by atoms with Crippen molar-refractivity contribution in [1.29, 1.82) is 21.0 Å². The summed E-state index contributed by atoms with van der Waals surface area (Å²) in [5.41, 5.74) is 0. The van der Waals surface area contributed by atoms with Crippen LogP contribution in [0.4, 0.5) is 0 Å². The van der Waals surface area contributed by atoms with Crippen LogP contribution in [-0.4, -0.2) is 5.78 Å². The monoisotopic (exact) mass is 240 g/mol. The number of hydrogen-bond donors (Lipinski definition) is 0. The number of nitriles is 4. The molecule has 1 aliphatic carbocycles. The lowest BCUT2D eigenvalue weighted by molar-refractivity contribution is -0.126. The van der Waals surface area contributed by atoms with Crippen molar-refractivity contribution >= 4 is 5.78 Å². The van der Waals surface area contributed by atoms with Crippen molar-refractivity contribution in [2.75, 3.05) is 0 Å². The maximum atomic E-state index is 11.8. The van der Waals surface area contributed by atoms with Gasteiger partial charge >= 0.3 is 0 Å². The van der Waals surface area contributed by atoms with Gasteiger partial charge in [0.1, 0.15) is 11.7 Å². The highest BCUT2D eigenvalue weighted by Crippen LogP contribution is 2.34. The standard InChI is InChI=1S/C13H12N4O/c14-5-9(6-15)11(7-16)12(8-17)10-3-1-2-4-13(10)18/h9-12H,1-4H2. The van der Waals surface area contributed by atoms with E-state index < -0.39 is 23.7 Å². The molecular formula is C13H12N4O. The molecule has 0 radical (unpaired) electrons. The smallest absolute Gasteiger partial charge is 0.150 e. The lowest BCUT2D eigenvalue weighted by Gasteiger charge is -2.27. The summed E-state index contributed by atoms with van der Waals surface area (Å²) in [5.74, 6) is -3.56. The third-order valence-electron chi connectivity index (χ3n) is 3.36. The molecule has 0 aliphatic heterocycles. The Morgan fingerprint density at radius 2 is 1.67 bits per heavy atom. The maximum Gasteiger partial charge on any atom is 0.150 e. The molecule has 0 saturated heterocycles. The Balaban J connectivity index is 2.99. The van der Waals surface area contributed by atoms with E-state index in [1.165, 1.54) is 0 Å². The van der Waals surface area contributed by atoms with Crippen LogP contribution in [0.2, 0.25) is 0 Å². The van der Waals surface area contributed by atoms with Crippen LogP contribution in [0.5, 0.6) is 0 Å². The average Bonchev–Trinajstić information content (AvgIpc) is 2.40. The zero-order valence-corrected chi connectivity index (χ0v) is 9.83. The minimum Gasteiger partial charge on any atom is -0.299 e. The van der Waals surface area contributed by atoms with Gasteiger partial charge in [0, 0.05) is 12.3 Å². The van der Waals surface area contributed by atoms with Crippen molar-refractivity contribution in [1.82, 2.24) is 0 Å². The molecule has 0 aromatic carbocycles. The van der Waals surface area contributed by atoms with Gasteiger partial charge < -0.3 is 0 Å². The summed E-state index contributed by atoms with van der Waals surface area (Å²) in [6, 6.07) is 7.26. The van der Waals surface area contributed by atoms with Gasteiger partial charge in [-0.3, -0.25) is 4.79 Å². The first-order valence-corrected chi connectivity index (χ1v) is 5.80. The van der Waals surface area contributed by atoms with E-state index >= 15 is 0 Å². The Morgan fingerprint density at radius 3 is 2.11 bits per heavy atom. The zero-order valence-electron chi connectivity index (χ0n) is 9.83. The average molecular weight is 240 g/mol. The minimum atomic E-state index is -1.16. The number of rotatable bonds is 3. The lowest BCUT2D eigenvalue weighted by Crippen LogP contribution is -2.33. The summed E-state index contributed by atoms with van der Waals surface area (Å²) in [7, 11) is 0. The summed E-state index contributed by atoms with van der Waals surface area (Å²) in [6.45, 7) is 0. The molecule has 0 amide bonds. The molecule has 0 spiro atoms. The molecule has 18 heavy (non-hydrogen) atoms. The molecule has 0 aromatic rings. The van der Waals surface area contributed by atoms with E-state index in [1.54, 1.807) is 12.1 Å². The first-order chi connectivity index (χ1) is 8.69. The van der Waals surface area contributed by atoms with Gasteiger partial charge in [0.15, 0.2) is 0 Å². The first-order valence-electron chi connectivity index (χ1n) is 5.80. The number of nitrogens with zero attached hydrogens (tertiary/aromatic N) is 4. The summed E-state index contributed by atoms with van der Waals surface area (Å²) in [4.78, 5) is 11.8. The molecule has 3 unspecified atom stereocenters. The van der Waals surface area contributed by atoms with E-state index in [1.807, 2.05) is 12.1 Å². The van der Waals surface area contributed by atoms with Gasteiger partial charge in [0.2, 0.25) is 0 Å². The molecule has 0 N–H and O–H groups in total. The van der Waals surface area contributed by atoms with Gasteiger partial charge in [0.05, 0.1) is 36.1 Å². The predicted octanol–water partition coefficient (Wildman–Crippen LogP) is 1.69. The second-order valence-electron chi connectivity index (χ2n) is 4.36. The molecule has 0 heterocycles. The summed E-state index contributed by atoms with van der Waals surface area (Å²) in [6.07, 6.45) is 2.64. The minimum absolute atomic E-state index is 0.0253. The van der Waals surface area contributed by atoms with Gasteiger partial charge in [-0.05, 0) is 12.8 Å². The lowest BCUT2D eigenvalue weighted by atomic mass is 9.71. The van der Waals surface area contributed by atoms with Crippen LogP contribution in [0.15, 0.2) is 0 Å². The van der Waals surface area contributed by atoms with Crippen molar-refractivity contribution in [3.8, 4) is 24.3 Å². The second kappa shape index (κ2) is 6.39. The number of ketones is 1. The largest absolute Gasteiger partial charge is 0.299 e. The van der Waals surface area contributed by atoms with Gasteiger partial charge in [-0.1, -0.05) is 6.42 Å². The van der Waals surface area contributed by atoms with Crippen molar-refractivity contribution in [2.24, 2.45) is 23.7 Å². The van der Waals surface area contributed by atoms with Crippen molar-refractivity contribution in [3.05, 3.63) is 0 Å². The number of Topliss-reactive ketones (excluding diaryl/α,β-unsaturated/α-hetero) is 1. The van der Waals surface area contributed by atoms with Crippen LogP contribution in [0.3, 0.4) is 0 Å². The SMILES string of the molecule is N#CC(C#N)C(C#N)C(C#N)C1CCCCC1=O. The number of carbonyl (C=O) groups is 1. The van der Waals surface area contributed by atoms with E-state index in [9.17, 15) is 4.79 Å². The van der Waals surface area contributed by atoms with Crippen LogP contribution < -0.4 is 0 Å². The van der Waals surface area contributed by atoms with Crippen molar-refractivity contribution in [3.63, 3.8) is 0 Å². The van der Waals surface area contributed by atoms with E-state index in [0.717, 1.165) is 12.8 Å². The molecular weight excluding hydrogens is 228 g/mol. The van der Waals surface area contributed by atoms with Crippen LogP contribution in [0.1, 0.15) is 25.7 Å². The Kier molecular flexibility index (Phi) is 4.86. The molecule has 0 aromatic heterocycles. The Morgan fingerprint density at radius 1 is 1.00 bits per heavy atom. The van der Waals surface area contributed by atoms with Crippen molar-refractivity contribution < 1.29 is 4.79 Å². The third-order valence-corrected chi connectivity index (χ3v) is 3.36. The molecule has 1 saturated carbocycles. The van der Waals surface area contributed by atoms with Gasteiger partial charge in [-0.2, -0.15) is 21.0 Å². The highest BCUT2D eigenvalue weighted by molar-refractivity contribution is 5.82. The maximum absolute atomic E-state index is 11.8.